The average Bonchev–Trinajstić information content (AvgIpc) is 2.13. The summed E-state index contributed by atoms with van der Waals surface area (Å²) in [6, 6.07) is 0. The van der Waals surface area contributed by atoms with Crippen molar-refractivity contribution in [1.29, 1.82) is 0 Å². The van der Waals surface area contributed by atoms with Gasteiger partial charge in [-0.05, 0) is 5.92 Å². The summed E-state index contributed by atoms with van der Waals surface area (Å²) < 4.78 is 0. The molecule has 9 heavy (non-hydrogen) atoms. The summed E-state index contributed by atoms with van der Waals surface area (Å²) in [5.41, 5.74) is 0. The topological polar surface area (TPSA) is 29.3 Å². The van der Waals surface area contributed by atoms with Crippen LogP contribution in [0.25, 0.3) is 0 Å². The number of hydrogen-bond donors (Lipinski definition) is 1. The summed E-state index contributed by atoms with van der Waals surface area (Å²) in [5, 5.41) is 2.50. The van der Waals surface area contributed by atoms with Crippen molar-refractivity contribution in [3.8, 4) is 0 Å². The maximum absolute atomic E-state index is 5.69. The highest BCUT2D eigenvalue weighted by Gasteiger charge is 2.24. The van der Waals surface area contributed by atoms with E-state index < -0.39 is 0 Å². The van der Waals surface area contributed by atoms with Crippen LogP contribution in [0.1, 0.15) is 13.8 Å². The molecule has 0 aromatic carbocycles. The van der Waals surface area contributed by atoms with E-state index in [1.54, 1.807) is 0 Å². The molecule has 0 aliphatic carbocycles. The summed E-state index contributed by atoms with van der Waals surface area (Å²) in [6.45, 7) is 5.47. The minimum Gasteiger partial charge on any atom is -0.268 e. The maximum atomic E-state index is 5.69. The Bertz CT molecular complexity index is 95.1. The van der Waals surface area contributed by atoms with Gasteiger partial charge in [0.1, 0.15) is 0 Å². The van der Waals surface area contributed by atoms with Crippen molar-refractivity contribution in [2.24, 2.45) is 11.8 Å². The van der Waals surface area contributed by atoms with Crippen molar-refractivity contribution in [2.75, 3.05) is 12.3 Å². The van der Waals surface area contributed by atoms with Crippen LogP contribution < -0.4 is 5.84 Å². The molecule has 1 heterocycles. The Morgan fingerprint density at radius 1 is 1.67 bits per heavy atom. The van der Waals surface area contributed by atoms with Crippen LogP contribution in [-0.2, 0) is 0 Å². The smallest absolute Gasteiger partial charge is 0.0717 e. The van der Waals surface area contributed by atoms with Gasteiger partial charge in [-0.25, -0.2) is 5.01 Å². The monoisotopic (exact) mass is 146 g/mol. The van der Waals surface area contributed by atoms with Gasteiger partial charge in [-0.1, -0.05) is 13.8 Å². The molecule has 0 amide bonds. The van der Waals surface area contributed by atoms with Crippen LogP contribution >= 0.6 is 11.8 Å². The highest BCUT2D eigenvalue weighted by Crippen LogP contribution is 2.26. The molecule has 1 fully saturated rings. The van der Waals surface area contributed by atoms with E-state index in [4.69, 9.17) is 5.84 Å². The first-order valence-electron chi connectivity index (χ1n) is 3.35. The van der Waals surface area contributed by atoms with Gasteiger partial charge >= 0.3 is 0 Å². The van der Waals surface area contributed by atoms with Crippen LogP contribution in [0, 0.1) is 5.92 Å². The lowest BCUT2D eigenvalue weighted by Gasteiger charge is -2.20. The highest BCUT2D eigenvalue weighted by atomic mass is 32.2. The van der Waals surface area contributed by atoms with Gasteiger partial charge in [0.25, 0.3) is 0 Å². The van der Waals surface area contributed by atoms with Crippen molar-refractivity contribution in [1.82, 2.24) is 5.01 Å². The van der Waals surface area contributed by atoms with Gasteiger partial charge in [0.2, 0.25) is 0 Å². The first-order chi connectivity index (χ1) is 4.22. The molecule has 0 saturated carbocycles. The van der Waals surface area contributed by atoms with E-state index in [0.717, 1.165) is 6.54 Å². The van der Waals surface area contributed by atoms with Gasteiger partial charge in [0, 0.05) is 12.3 Å². The van der Waals surface area contributed by atoms with Crippen LogP contribution in [0.2, 0.25) is 0 Å². The number of nitrogens with zero attached hydrogens (tertiary/aromatic N) is 1. The van der Waals surface area contributed by atoms with Crippen LogP contribution in [0.5, 0.6) is 0 Å². The van der Waals surface area contributed by atoms with Crippen LogP contribution in [-0.4, -0.2) is 22.7 Å². The third-order valence-electron chi connectivity index (χ3n) is 1.54. The highest BCUT2D eigenvalue weighted by molar-refractivity contribution is 8.00. The summed E-state index contributed by atoms with van der Waals surface area (Å²) in [6.07, 6.45) is 0. The van der Waals surface area contributed by atoms with Gasteiger partial charge in [0.05, 0.1) is 5.37 Å². The number of hydrazine groups is 1. The molecular formula is C6H14N2S. The Hall–Kier alpha value is 0.270. The zero-order valence-corrected chi connectivity index (χ0v) is 6.82. The molecule has 1 unspecified atom stereocenters. The fourth-order valence-electron chi connectivity index (χ4n) is 1.08. The minimum atomic E-state index is 0.560. The molecule has 1 saturated heterocycles. The number of nitrogens with two attached hydrogens (primary N) is 1. The quantitative estimate of drug-likeness (QED) is 0.557. The predicted octanol–water partition coefficient (Wildman–Crippen LogP) is 0.891. The van der Waals surface area contributed by atoms with Gasteiger partial charge in [-0.3, -0.25) is 5.84 Å². The molecule has 0 aromatic heterocycles. The fourth-order valence-corrected chi connectivity index (χ4v) is 2.32. The lowest BCUT2D eigenvalue weighted by atomic mass is 10.2. The summed E-state index contributed by atoms with van der Waals surface area (Å²) in [5.74, 6) is 7.57. The molecule has 3 heteroatoms. The molecule has 1 aliphatic rings. The van der Waals surface area contributed by atoms with E-state index in [1.807, 2.05) is 16.8 Å². The van der Waals surface area contributed by atoms with Gasteiger partial charge < -0.3 is 0 Å². The molecule has 2 nitrogen and oxygen atoms in total. The predicted molar refractivity (Wildman–Crippen MR) is 42.0 cm³/mol. The Morgan fingerprint density at radius 3 is 2.56 bits per heavy atom. The molecule has 1 aliphatic heterocycles. The number of hydrogen-bond acceptors (Lipinski definition) is 3. The summed E-state index contributed by atoms with van der Waals surface area (Å²) in [7, 11) is 0. The van der Waals surface area contributed by atoms with Gasteiger partial charge in [-0.15, -0.1) is 11.8 Å². The normalized spacial score (nSPS) is 30.0. The molecule has 0 bridgehead atoms. The maximum Gasteiger partial charge on any atom is 0.0717 e. The van der Waals surface area contributed by atoms with Gasteiger partial charge in [-0.2, -0.15) is 0 Å². The minimum absolute atomic E-state index is 0.560. The molecule has 0 radical (unpaired) electrons. The SMILES string of the molecule is CC(C)C1SCCN1N. The Kier molecular flexibility index (Phi) is 2.38. The average molecular weight is 146 g/mol. The molecule has 1 atom stereocenters. The Labute approximate surface area is 60.8 Å². The summed E-state index contributed by atoms with van der Waals surface area (Å²) in [4.78, 5) is 0. The number of thioether (sulfide) groups is 1. The zero-order chi connectivity index (χ0) is 6.85. The third-order valence-corrected chi connectivity index (χ3v) is 3.11. The van der Waals surface area contributed by atoms with Crippen molar-refractivity contribution >= 4 is 11.8 Å². The lowest BCUT2D eigenvalue weighted by Crippen LogP contribution is -2.37. The Morgan fingerprint density at radius 2 is 2.33 bits per heavy atom. The first kappa shape index (κ1) is 7.38. The third kappa shape index (κ3) is 1.60. The van der Waals surface area contributed by atoms with Gasteiger partial charge in [0.15, 0.2) is 0 Å². The van der Waals surface area contributed by atoms with E-state index in [-0.39, 0.29) is 0 Å². The van der Waals surface area contributed by atoms with E-state index in [1.165, 1.54) is 5.75 Å². The van der Waals surface area contributed by atoms with Crippen molar-refractivity contribution in [2.45, 2.75) is 19.2 Å². The van der Waals surface area contributed by atoms with E-state index in [9.17, 15) is 0 Å². The first-order valence-corrected chi connectivity index (χ1v) is 4.39. The van der Waals surface area contributed by atoms with E-state index in [0.29, 0.717) is 11.3 Å². The van der Waals surface area contributed by atoms with E-state index >= 15 is 0 Å². The molecule has 1 rings (SSSR count). The van der Waals surface area contributed by atoms with Crippen molar-refractivity contribution in [3.05, 3.63) is 0 Å². The fraction of sp³-hybridized carbons (Fsp3) is 1.00. The van der Waals surface area contributed by atoms with Crippen molar-refractivity contribution in [3.63, 3.8) is 0 Å². The van der Waals surface area contributed by atoms with Crippen LogP contribution in [0.15, 0.2) is 0 Å². The zero-order valence-electron chi connectivity index (χ0n) is 6.00. The van der Waals surface area contributed by atoms with Crippen LogP contribution in [0.4, 0.5) is 0 Å². The number of rotatable bonds is 1. The van der Waals surface area contributed by atoms with Crippen LogP contribution in [0.3, 0.4) is 0 Å². The molecular weight excluding hydrogens is 132 g/mol. The standard InChI is InChI=1S/C6H14N2S/c1-5(2)6-8(7)3-4-9-6/h5-6H,3-4,7H2,1-2H3. The Balaban J connectivity index is 2.40. The summed E-state index contributed by atoms with van der Waals surface area (Å²) >= 11 is 1.96. The lowest BCUT2D eigenvalue weighted by molar-refractivity contribution is 0.254. The van der Waals surface area contributed by atoms with Crippen molar-refractivity contribution < 1.29 is 0 Å². The largest absolute Gasteiger partial charge is 0.268 e. The molecule has 2 N–H and O–H groups in total. The molecule has 0 spiro atoms. The molecule has 0 aromatic rings. The second-order valence-electron chi connectivity index (χ2n) is 2.74. The molecule has 54 valence electrons. The second kappa shape index (κ2) is 2.90. The van der Waals surface area contributed by atoms with E-state index in [2.05, 4.69) is 13.8 Å². The second-order valence-corrected chi connectivity index (χ2v) is 3.97.